The zero-order valence-electron chi connectivity index (χ0n) is 18.3. The van der Waals surface area contributed by atoms with Crippen LogP contribution in [0.3, 0.4) is 0 Å². The highest BCUT2D eigenvalue weighted by Gasteiger charge is 2.35. The molecule has 4 aromatic heterocycles. The van der Waals surface area contributed by atoms with Gasteiger partial charge < -0.3 is 0 Å². The molecule has 4 aromatic rings. The minimum atomic E-state index is -4.56. The highest BCUT2D eigenvalue weighted by molar-refractivity contribution is 5.59. The highest BCUT2D eigenvalue weighted by Crippen LogP contribution is 2.38. The van der Waals surface area contributed by atoms with Crippen molar-refractivity contribution in [2.75, 3.05) is 0 Å². The van der Waals surface area contributed by atoms with Crippen molar-refractivity contribution in [2.24, 2.45) is 0 Å². The topological polar surface area (TPSA) is 56.5 Å². The molecule has 0 bridgehead atoms. The van der Waals surface area contributed by atoms with Crippen LogP contribution in [-0.2, 0) is 11.6 Å². The summed E-state index contributed by atoms with van der Waals surface area (Å²) in [6, 6.07) is 13.4. The lowest BCUT2D eigenvalue weighted by Gasteiger charge is -2.31. The third-order valence-corrected chi connectivity index (χ3v) is 5.88. The van der Waals surface area contributed by atoms with Gasteiger partial charge in [-0.3, -0.25) is 4.98 Å². The quantitative estimate of drug-likeness (QED) is 0.250. The number of rotatable bonds is 6. The predicted molar refractivity (Wildman–Crippen MR) is 115 cm³/mol. The zero-order chi connectivity index (χ0) is 24.5. The number of nitrogens with zero attached hydrogens (tertiary/aromatic N) is 5. The second kappa shape index (κ2) is 8.92. The first kappa shape index (κ1) is 23.5. The van der Waals surface area contributed by atoms with E-state index in [1.807, 2.05) is 13.8 Å². The molecule has 0 aliphatic carbocycles. The van der Waals surface area contributed by atoms with Gasteiger partial charge in [0.05, 0.1) is 28.1 Å². The van der Waals surface area contributed by atoms with Crippen LogP contribution in [0, 0.1) is 11.9 Å². The summed E-state index contributed by atoms with van der Waals surface area (Å²) >= 11 is 0. The van der Waals surface area contributed by atoms with Gasteiger partial charge in [0.25, 0.3) is 0 Å². The van der Waals surface area contributed by atoms with Crippen LogP contribution in [0.15, 0.2) is 60.8 Å². The minimum Gasteiger partial charge on any atom is -0.252 e. The number of aromatic nitrogens is 5. The smallest absolute Gasteiger partial charge is 0.252 e. The monoisotopic (exact) mass is 473 g/mol. The Morgan fingerprint density at radius 1 is 0.765 bits per heavy atom. The third kappa shape index (κ3) is 4.27. The van der Waals surface area contributed by atoms with Gasteiger partial charge in [0, 0.05) is 6.20 Å². The van der Waals surface area contributed by atoms with E-state index in [0.717, 1.165) is 16.8 Å². The normalized spacial score (nSPS) is 12.2. The van der Waals surface area contributed by atoms with E-state index in [0.29, 0.717) is 24.2 Å². The Bertz CT molecular complexity index is 1310. The molecule has 0 atom stereocenters. The van der Waals surface area contributed by atoms with Gasteiger partial charge in [-0.1, -0.05) is 26.0 Å². The van der Waals surface area contributed by atoms with Crippen LogP contribution in [0.1, 0.15) is 43.8 Å². The van der Waals surface area contributed by atoms with E-state index < -0.39 is 29.2 Å². The Balaban J connectivity index is 1.79. The maximum Gasteiger partial charge on any atom is 0.435 e. The van der Waals surface area contributed by atoms with Crippen molar-refractivity contribution in [3.63, 3.8) is 0 Å². The van der Waals surface area contributed by atoms with Crippen LogP contribution in [0.5, 0.6) is 0 Å². The molecule has 4 rings (SSSR count). The van der Waals surface area contributed by atoms with E-state index in [1.165, 1.54) is 12.3 Å². The Kier molecular flexibility index (Phi) is 6.16. The average Bonchev–Trinajstić information content (AvgIpc) is 3.32. The van der Waals surface area contributed by atoms with Crippen molar-refractivity contribution in [1.82, 2.24) is 24.7 Å². The molecule has 0 spiro atoms. The van der Waals surface area contributed by atoms with Crippen molar-refractivity contribution in [3.05, 3.63) is 89.8 Å². The molecule has 0 aliphatic heterocycles. The fourth-order valence-electron chi connectivity index (χ4n) is 3.98. The average molecular weight is 473 g/mol. The molecule has 0 N–H and O–H groups in total. The fourth-order valence-corrected chi connectivity index (χ4v) is 3.98. The van der Waals surface area contributed by atoms with Crippen molar-refractivity contribution in [1.29, 1.82) is 0 Å². The van der Waals surface area contributed by atoms with Gasteiger partial charge in [-0.25, -0.2) is 9.67 Å². The second-order valence-corrected chi connectivity index (χ2v) is 7.69. The lowest BCUT2D eigenvalue weighted by molar-refractivity contribution is -0.141. The minimum absolute atomic E-state index is 0.0577. The van der Waals surface area contributed by atoms with Crippen LogP contribution in [0.2, 0.25) is 0 Å². The van der Waals surface area contributed by atoms with Gasteiger partial charge in [-0.15, -0.1) is 0 Å². The SMILES string of the molecule is CCC(CC)(c1cccc(-c2ccc(F)nc2F)n1)c1cccc(-n2ccc(C(F)(F)F)n2)n1. The van der Waals surface area contributed by atoms with E-state index in [9.17, 15) is 22.0 Å². The summed E-state index contributed by atoms with van der Waals surface area (Å²) < 4.78 is 67.6. The summed E-state index contributed by atoms with van der Waals surface area (Å²) in [7, 11) is 0. The van der Waals surface area contributed by atoms with Gasteiger partial charge >= 0.3 is 6.18 Å². The second-order valence-electron chi connectivity index (χ2n) is 7.69. The first-order valence-corrected chi connectivity index (χ1v) is 10.6. The summed E-state index contributed by atoms with van der Waals surface area (Å²) in [6.45, 7) is 3.89. The maximum atomic E-state index is 14.3. The molecule has 34 heavy (non-hydrogen) atoms. The van der Waals surface area contributed by atoms with Crippen LogP contribution in [0.4, 0.5) is 22.0 Å². The van der Waals surface area contributed by atoms with Gasteiger partial charge in [0.2, 0.25) is 11.9 Å². The Hall–Kier alpha value is -3.69. The molecule has 0 aliphatic rings. The van der Waals surface area contributed by atoms with Crippen molar-refractivity contribution >= 4 is 0 Å². The third-order valence-electron chi connectivity index (χ3n) is 5.88. The molecule has 0 saturated carbocycles. The van der Waals surface area contributed by atoms with Gasteiger partial charge in [-0.2, -0.15) is 32.0 Å². The molecule has 0 fully saturated rings. The standard InChI is InChI=1S/C24H20F5N5/c1-3-23(4-2,17-8-5-7-16(30-17)15-11-12-20(25)32-22(15)26)18-9-6-10-21(31-18)34-14-13-19(33-34)24(27,28)29/h5-14H,3-4H2,1-2H3. The lowest BCUT2D eigenvalue weighted by atomic mass is 9.75. The highest BCUT2D eigenvalue weighted by atomic mass is 19.4. The first-order chi connectivity index (χ1) is 16.2. The lowest BCUT2D eigenvalue weighted by Crippen LogP contribution is -2.29. The van der Waals surface area contributed by atoms with Gasteiger partial charge in [0.15, 0.2) is 11.5 Å². The number of alkyl halides is 3. The molecule has 0 amide bonds. The molecule has 5 nitrogen and oxygen atoms in total. The van der Waals surface area contributed by atoms with E-state index in [-0.39, 0.29) is 17.1 Å². The molecule has 0 radical (unpaired) electrons. The van der Waals surface area contributed by atoms with E-state index in [2.05, 4.69) is 20.1 Å². The first-order valence-electron chi connectivity index (χ1n) is 10.6. The van der Waals surface area contributed by atoms with Gasteiger partial charge in [0.1, 0.15) is 0 Å². The maximum absolute atomic E-state index is 14.3. The van der Waals surface area contributed by atoms with E-state index >= 15 is 0 Å². The summed E-state index contributed by atoms with van der Waals surface area (Å²) in [4.78, 5) is 12.5. The molecular formula is C24H20F5N5. The Labute approximate surface area is 192 Å². The number of pyridine rings is 3. The molecule has 0 aromatic carbocycles. The number of halogens is 5. The van der Waals surface area contributed by atoms with Gasteiger partial charge in [-0.05, 0) is 55.3 Å². The van der Waals surface area contributed by atoms with Crippen molar-refractivity contribution in [2.45, 2.75) is 38.3 Å². The molecule has 176 valence electrons. The van der Waals surface area contributed by atoms with E-state index in [1.54, 1.807) is 36.4 Å². The summed E-state index contributed by atoms with van der Waals surface area (Å²) in [5.74, 6) is -1.67. The van der Waals surface area contributed by atoms with Crippen LogP contribution < -0.4 is 0 Å². The molecule has 10 heteroatoms. The summed E-state index contributed by atoms with van der Waals surface area (Å²) in [6.07, 6.45) is -2.23. The van der Waals surface area contributed by atoms with Crippen LogP contribution in [-0.4, -0.2) is 24.7 Å². The zero-order valence-corrected chi connectivity index (χ0v) is 18.3. The van der Waals surface area contributed by atoms with Crippen LogP contribution in [0.25, 0.3) is 17.1 Å². The fraction of sp³-hybridized carbons (Fsp3) is 0.250. The molecular weight excluding hydrogens is 453 g/mol. The molecule has 0 unspecified atom stereocenters. The number of hydrogen-bond acceptors (Lipinski definition) is 4. The Morgan fingerprint density at radius 2 is 1.44 bits per heavy atom. The largest absolute Gasteiger partial charge is 0.435 e. The van der Waals surface area contributed by atoms with E-state index in [4.69, 9.17) is 0 Å². The Morgan fingerprint density at radius 3 is 2.06 bits per heavy atom. The van der Waals surface area contributed by atoms with Crippen molar-refractivity contribution in [3.8, 4) is 17.1 Å². The molecule has 0 saturated heterocycles. The van der Waals surface area contributed by atoms with Crippen molar-refractivity contribution < 1.29 is 22.0 Å². The summed E-state index contributed by atoms with van der Waals surface area (Å²) in [5, 5.41) is 3.60. The van der Waals surface area contributed by atoms with Crippen LogP contribution >= 0.6 is 0 Å². The molecule has 4 heterocycles. The predicted octanol–water partition coefficient (Wildman–Crippen LogP) is 6.13. The summed E-state index contributed by atoms with van der Waals surface area (Å²) in [5.41, 5.74) is -0.202. The number of hydrogen-bond donors (Lipinski definition) is 0.